The number of rotatable bonds is 3. The van der Waals surface area contributed by atoms with Gasteiger partial charge in [-0.15, -0.1) is 11.3 Å². The van der Waals surface area contributed by atoms with Crippen molar-refractivity contribution in [2.75, 3.05) is 0 Å². The lowest BCUT2D eigenvalue weighted by Crippen LogP contribution is -2.14. The summed E-state index contributed by atoms with van der Waals surface area (Å²) in [6, 6.07) is 43.1. The van der Waals surface area contributed by atoms with Crippen molar-refractivity contribution >= 4 is 31.5 Å². The summed E-state index contributed by atoms with van der Waals surface area (Å²) >= 11 is 1.90. The molecule has 0 bridgehead atoms. The van der Waals surface area contributed by atoms with Crippen LogP contribution >= 0.6 is 11.3 Å². The minimum Gasteiger partial charge on any atom is -0.228 e. The highest BCUT2D eigenvalue weighted by Crippen LogP contribution is 2.54. The predicted molar refractivity (Wildman–Crippen MR) is 169 cm³/mol. The number of hydrogen-bond acceptors (Lipinski definition) is 3. The van der Waals surface area contributed by atoms with Gasteiger partial charge in [0.25, 0.3) is 0 Å². The number of aromatic nitrogens is 2. The first-order valence-corrected chi connectivity index (χ1v) is 14.5. The first-order chi connectivity index (χ1) is 19.6. The second-order valence-corrected chi connectivity index (χ2v) is 12.1. The largest absolute Gasteiger partial charge is 0.228 e. The van der Waals surface area contributed by atoms with Crippen LogP contribution in [-0.4, -0.2) is 9.97 Å². The Morgan fingerprint density at radius 3 is 1.88 bits per heavy atom. The fourth-order valence-electron chi connectivity index (χ4n) is 6.25. The molecule has 0 aliphatic heterocycles. The minimum atomic E-state index is -0.0739. The Morgan fingerprint density at radius 2 is 1.18 bits per heavy atom. The molecule has 0 saturated carbocycles. The van der Waals surface area contributed by atoms with Gasteiger partial charge in [-0.25, -0.2) is 9.97 Å². The summed E-state index contributed by atoms with van der Waals surface area (Å²) in [7, 11) is 0. The lowest BCUT2D eigenvalue weighted by Gasteiger charge is -2.21. The summed E-state index contributed by atoms with van der Waals surface area (Å²) in [4.78, 5) is 10.2. The molecule has 2 aromatic heterocycles. The van der Waals surface area contributed by atoms with E-state index in [-0.39, 0.29) is 5.41 Å². The zero-order valence-electron chi connectivity index (χ0n) is 22.3. The van der Waals surface area contributed by atoms with Crippen LogP contribution in [-0.2, 0) is 5.41 Å². The van der Waals surface area contributed by atoms with Crippen molar-refractivity contribution < 1.29 is 0 Å². The molecule has 40 heavy (non-hydrogen) atoms. The highest BCUT2D eigenvalue weighted by Gasteiger charge is 2.37. The maximum Gasteiger partial charge on any atom is 0.160 e. The number of fused-ring (bicyclic) bond motifs is 7. The van der Waals surface area contributed by atoms with E-state index in [0.29, 0.717) is 0 Å². The van der Waals surface area contributed by atoms with Crippen molar-refractivity contribution in [3.8, 4) is 45.0 Å². The molecule has 0 amide bonds. The monoisotopic (exact) mass is 530 g/mol. The second-order valence-electron chi connectivity index (χ2n) is 11.0. The molecule has 1 aliphatic rings. The van der Waals surface area contributed by atoms with Gasteiger partial charge in [-0.2, -0.15) is 0 Å². The molecule has 2 heterocycles. The normalized spacial score (nSPS) is 13.4. The van der Waals surface area contributed by atoms with Gasteiger partial charge in [-0.3, -0.25) is 0 Å². The summed E-state index contributed by atoms with van der Waals surface area (Å²) in [6.45, 7) is 4.69. The van der Waals surface area contributed by atoms with Crippen LogP contribution in [0.4, 0.5) is 0 Å². The number of hydrogen-bond donors (Lipinski definition) is 0. The van der Waals surface area contributed by atoms with E-state index in [1.807, 2.05) is 23.5 Å². The Morgan fingerprint density at radius 1 is 0.550 bits per heavy atom. The molecular weight excluding hydrogens is 504 g/mol. The third-order valence-electron chi connectivity index (χ3n) is 8.31. The van der Waals surface area contributed by atoms with E-state index in [0.717, 1.165) is 33.9 Å². The smallest absolute Gasteiger partial charge is 0.160 e. The van der Waals surface area contributed by atoms with E-state index in [1.165, 1.54) is 42.4 Å². The summed E-state index contributed by atoms with van der Waals surface area (Å²) in [5.41, 5.74) is 10.4. The Hall–Kier alpha value is -4.60. The second kappa shape index (κ2) is 8.70. The fraction of sp³-hybridized carbons (Fsp3) is 0.0811. The average Bonchev–Trinajstić information content (AvgIpc) is 3.50. The molecule has 0 unspecified atom stereocenters. The molecule has 0 atom stereocenters. The molecule has 0 saturated heterocycles. The highest BCUT2D eigenvalue weighted by molar-refractivity contribution is 7.26. The van der Waals surface area contributed by atoms with Gasteiger partial charge in [0.15, 0.2) is 5.82 Å². The lowest BCUT2D eigenvalue weighted by molar-refractivity contribution is 0.661. The fourth-order valence-corrected chi connectivity index (χ4v) is 7.51. The van der Waals surface area contributed by atoms with E-state index >= 15 is 0 Å². The average molecular weight is 531 g/mol. The molecule has 0 radical (unpaired) electrons. The van der Waals surface area contributed by atoms with Crippen molar-refractivity contribution in [3.63, 3.8) is 0 Å². The van der Waals surface area contributed by atoms with Crippen LogP contribution in [0.3, 0.4) is 0 Å². The predicted octanol–water partition coefficient (Wildman–Crippen LogP) is 10.2. The third kappa shape index (κ3) is 3.48. The molecule has 8 rings (SSSR count). The van der Waals surface area contributed by atoms with E-state index in [9.17, 15) is 0 Å². The Kier molecular flexibility index (Phi) is 5.07. The van der Waals surface area contributed by atoms with Crippen LogP contribution in [0.5, 0.6) is 0 Å². The Bertz CT molecular complexity index is 2010. The Balaban J connectivity index is 1.37. The first kappa shape index (κ1) is 23.3. The number of benzene rings is 5. The van der Waals surface area contributed by atoms with Gasteiger partial charge in [-0.05, 0) is 34.9 Å². The maximum atomic E-state index is 5.11. The van der Waals surface area contributed by atoms with Gasteiger partial charge in [-0.1, -0.05) is 117 Å². The van der Waals surface area contributed by atoms with Crippen molar-refractivity contribution in [2.24, 2.45) is 0 Å². The molecule has 190 valence electrons. The number of thiophene rings is 1. The zero-order valence-corrected chi connectivity index (χ0v) is 23.2. The topological polar surface area (TPSA) is 25.8 Å². The number of nitrogens with zero attached hydrogens (tertiary/aromatic N) is 2. The van der Waals surface area contributed by atoms with Crippen molar-refractivity contribution in [2.45, 2.75) is 19.3 Å². The van der Waals surface area contributed by atoms with Crippen LogP contribution in [0.2, 0.25) is 0 Å². The van der Waals surface area contributed by atoms with Gasteiger partial charge < -0.3 is 0 Å². The zero-order chi connectivity index (χ0) is 26.8. The van der Waals surface area contributed by atoms with Crippen LogP contribution in [0.15, 0.2) is 121 Å². The van der Waals surface area contributed by atoms with E-state index < -0.39 is 0 Å². The van der Waals surface area contributed by atoms with Crippen LogP contribution in [0, 0.1) is 0 Å². The third-order valence-corrected chi connectivity index (χ3v) is 9.51. The standard InChI is InChI=1S/C37H26N2S/c1-37(2)29-19-17-25(21-28(29)34-30(37)20-18-27-26-15-9-10-16-33(26)40-35(27)34)36-38-31(23-11-5-3-6-12-23)22-32(39-36)24-13-7-4-8-14-24/h3-22H,1-2H3. The van der Waals surface area contributed by atoms with Gasteiger partial charge in [0, 0.05) is 47.8 Å². The molecule has 7 aromatic rings. The van der Waals surface area contributed by atoms with Crippen LogP contribution in [0.25, 0.3) is 65.2 Å². The maximum absolute atomic E-state index is 5.11. The molecule has 0 fully saturated rings. The molecule has 3 heteroatoms. The van der Waals surface area contributed by atoms with E-state index in [4.69, 9.17) is 9.97 Å². The molecular formula is C37H26N2S. The van der Waals surface area contributed by atoms with Crippen molar-refractivity contribution in [1.82, 2.24) is 9.97 Å². The molecule has 5 aromatic carbocycles. The quantitative estimate of drug-likeness (QED) is 0.227. The molecule has 0 spiro atoms. The molecule has 1 aliphatic carbocycles. The minimum absolute atomic E-state index is 0.0739. The first-order valence-electron chi connectivity index (χ1n) is 13.7. The van der Waals surface area contributed by atoms with Gasteiger partial charge in [0.1, 0.15) is 0 Å². The van der Waals surface area contributed by atoms with E-state index in [2.05, 4.69) is 123 Å². The SMILES string of the molecule is CC1(C)c2ccc(-c3nc(-c4ccccc4)cc(-c4ccccc4)n3)cc2-c2c1ccc1c2sc2ccccc21. The van der Waals surface area contributed by atoms with Gasteiger partial charge >= 0.3 is 0 Å². The summed E-state index contributed by atoms with van der Waals surface area (Å²) in [6.07, 6.45) is 0. The van der Waals surface area contributed by atoms with Crippen LogP contribution in [0.1, 0.15) is 25.0 Å². The van der Waals surface area contributed by atoms with Crippen LogP contribution < -0.4 is 0 Å². The summed E-state index contributed by atoms with van der Waals surface area (Å²) in [5, 5.41) is 2.67. The van der Waals surface area contributed by atoms with E-state index in [1.54, 1.807) is 0 Å². The van der Waals surface area contributed by atoms with Gasteiger partial charge in [0.2, 0.25) is 0 Å². The molecule has 0 N–H and O–H groups in total. The molecule has 2 nitrogen and oxygen atoms in total. The van der Waals surface area contributed by atoms with Gasteiger partial charge in [0.05, 0.1) is 11.4 Å². The highest BCUT2D eigenvalue weighted by atomic mass is 32.1. The van der Waals surface area contributed by atoms with Crippen molar-refractivity contribution in [3.05, 3.63) is 132 Å². The lowest BCUT2D eigenvalue weighted by atomic mass is 9.82. The Labute approximate surface area is 237 Å². The summed E-state index contributed by atoms with van der Waals surface area (Å²) in [5.74, 6) is 0.748. The summed E-state index contributed by atoms with van der Waals surface area (Å²) < 4.78 is 2.70. The van der Waals surface area contributed by atoms with Crippen molar-refractivity contribution in [1.29, 1.82) is 0 Å².